The van der Waals surface area contributed by atoms with Crippen molar-refractivity contribution in [3.8, 4) is 0 Å². The highest BCUT2D eigenvalue weighted by atomic mass is 19.1. The molecule has 1 heterocycles. The van der Waals surface area contributed by atoms with Crippen LogP contribution < -0.4 is 10.6 Å². The molecule has 0 bridgehead atoms. The maximum Gasteiger partial charge on any atom is 0.254 e. The van der Waals surface area contributed by atoms with Gasteiger partial charge in [0.25, 0.3) is 5.91 Å². The summed E-state index contributed by atoms with van der Waals surface area (Å²) in [7, 11) is 0. The van der Waals surface area contributed by atoms with Gasteiger partial charge in [0.05, 0.1) is 11.6 Å². The summed E-state index contributed by atoms with van der Waals surface area (Å²) in [5.74, 6) is -1.09. The number of rotatable bonds is 2. The first-order chi connectivity index (χ1) is 8.08. The fourth-order valence-corrected chi connectivity index (χ4v) is 1.79. The maximum atomic E-state index is 13.7. The van der Waals surface area contributed by atoms with Gasteiger partial charge in [-0.25, -0.2) is 4.39 Å². The Morgan fingerprint density at radius 2 is 2.29 bits per heavy atom. The highest BCUT2D eigenvalue weighted by Crippen LogP contribution is 2.12. The summed E-state index contributed by atoms with van der Waals surface area (Å²) >= 11 is 0. The quantitative estimate of drug-likeness (QED) is 0.796. The highest BCUT2D eigenvalue weighted by molar-refractivity contribution is 5.95. The standard InChI is InChI=1S/C12H13FN2O2/c1-7-3-2-4-9(11(7)13)12(17)15-8-5-10(16)14-6-8/h2-4,8H,5-6H2,1H3,(H,14,16)(H,15,17). The van der Waals surface area contributed by atoms with Gasteiger partial charge in [0.1, 0.15) is 5.82 Å². The Labute approximate surface area is 98.2 Å². The van der Waals surface area contributed by atoms with E-state index in [0.29, 0.717) is 12.1 Å². The molecule has 2 rings (SSSR count). The first-order valence-corrected chi connectivity index (χ1v) is 5.40. The molecule has 1 aliphatic heterocycles. The van der Waals surface area contributed by atoms with E-state index in [1.807, 2.05) is 0 Å². The number of carbonyl (C=O) groups is 2. The molecular formula is C12H13FN2O2. The van der Waals surface area contributed by atoms with E-state index in [0.717, 1.165) is 0 Å². The van der Waals surface area contributed by atoms with Crippen molar-refractivity contribution in [3.05, 3.63) is 35.1 Å². The number of carbonyl (C=O) groups excluding carboxylic acids is 2. The van der Waals surface area contributed by atoms with Crippen molar-refractivity contribution in [2.24, 2.45) is 0 Å². The molecule has 0 aromatic heterocycles. The van der Waals surface area contributed by atoms with Gasteiger partial charge in [-0.05, 0) is 18.6 Å². The van der Waals surface area contributed by atoms with Crippen LogP contribution in [0, 0.1) is 12.7 Å². The zero-order valence-corrected chi connectivity index (χ0v) is 9.42. The SMILES string of the molecule is Cc1cccc(C(=O)NC2CNC(=O)C2)c1F. The lowest BCUT2D eigenvalue weighted by molar-refractivity contribution is -0.119. The molecule has 1 fully saturated rings. The van der Waals surface area contributed by atoms with Crippen molar-refractivity contribution >= 4 is 11.8 Å². The molecule has 0 spiro atoms. The molecule has 0 aliphatic carbocycles. The van der Waals surface area contributed by atoms with E-state index < -0.39 is 11.7 Å². The number of halogens is 1. The molecule has 5 heteroatoms. The molecule has 90 valence electrons. The Kier molecular flexibility index (Phi) is 3.08. The number of nitrogens with one attached hydrogen (secondary N) is 2. The van der Waals surface area contributed by atoms with E-state index in [9.17, 15) is 14.0 Å². The van der Waals surface area contributed by atoms with Gasteiger partial charge < -0.3 is 10.6 Å². The Morgan fingerprint density at radius 1 is 1.53 bits per heavy atom. The van der Waals surface area contributed by atoms with E-state index in [4.69, 9.17) is 0 Å². The summed E-state index contributed by atoms with van der Waals surface area (Å²) in [5.41, 5.74) is 0.447. The topological polar surface area (TPSA) is 58.2 Å². The van der Waals surface area contributed by atoms with E-state index in [2.05, 4.69) is 10.6 Å². The summed E-state index contributed by atoms with van der Waals surface area (Å²) in [4.78, 5) is 22.7. The number of amides is 2. The smallest absolute Gasteiger partial charge is 0.254 e. The Hall–Kier alpha value is -1.91. The van der Waals surface area contributed by atoms with Crippen LogP contribution in [0.15, 0.2) is 18.2 Å². The predicted molar refractivity (Wildman–Crippen MR) is 60.0 cm³/mol. The third-order valence-electron chi connectivity index (χ3n) is 2.75. The second-order valence-electron chi connectivity index (χ2n) is 4.12. The molecule has 1 aromatic rings. The Morgan fingerprint density at radius 3 is 2.94 bits per heavy atom. The van der Waals surface area contributed by atoms with Crippen molar-refractivity contribution in [1.82, 2.24) is 10.6 Å². The molecule has 17 heavy (non-hydrogen) atoms. The summed E-state index contributed by atoms with van der Waals surface area (Å²) in [6.07, 6.45) is 0.249. The van der Waals surface area contributed by atoms with Crippen molar-refractivity contribution in [1.29, 1.82) is 0 Å². The number of hydrogen-bond donors (Lipinski definition) is 2. The maximum absolute atomic E-state index is 13.7. The van der Waals surface area contributed by atoms with Crippen LogP contribution in [0.4, 0.5) is 4.39 Å². The minimum absolute atomic E-state index is 0.0179. The average Bonchev–Trinajstić information content (AvgIpc) is 2.68. The van der Waals surface area contributed by atoms with Gasteiger partial charge in [0, 0.05) is 13.0 Å². The van der Waals surface area contributed by atoms with Crippen molar-refractivity contribution < 1.29 is 14.0 Å². The molecule has 1 saturated heterocycles. The van der Waals surface area contributed by atoms with Crippen molar-refractivity contribution in [2.45, 2.75) is 19.4 Å². The molecular weight excluding hydrogens is 223 g/mol. The number of aryl methyl sites for hydroxylation is 1. The fraction of sp³-hybridized carbons (Fsp3) is 0.333. The molecule has 1 unspecified atom stereocenters. The number of benzene rings is 1. The van der Waals surface area contributed by atoms with Crippen LogP contribution >= 0.6 is 0 Å². The van der Waals surface area contributed by atoms with Crippen LogP contribution in [-0.2, 0) is 4.79 Å². The third kappa shape index (κ3) is 2.43. The average molecular weight is 236 g/mol. The summed E-state index contributed by atoms with van der Waals surface area (Å²) in [5, 5.41) is 5.24. The van der Waals surface area contributed by atoms with E-state index in [1.165, 1.54) is 6.07 Å². The molecule has 1 aromatic carbocycles. The summed E-state index contributed by atoms with van der Waals surface area (Å²) < 4.78 is 13.7. The monoisotopic (exact) mass is 236 g/mol. The normalized spacial score (nSPS) is 18.9. The lowest BCUT2D eigenvalue weighted by atomic mass is 10.1. The highest BCUT2D eigenvalue weighted by Gasteiger charge is 2.24. The van der Waals surface area contributed by atoms with E-state index in [-0.39, 0.29) is 23.9 Å². The molecule has 0 saturated carbocycles. The Bertz CT molecular complexity index is 474. The van der Waals surface area contributed by atoms with Gasteiger partial charge in [-0.15, -0.1) is 0 Å². The number of hydrogen-bond acceptors (Lipinski definition) is 2. The minimum Gasteiger partial charge on any atom is -0.354 e. The summed E-state index contributed by atoms with van der Waals surface area (Å²) in [6.45, 7) is 2.00. The van der Waals surface area contributed by atoms with Crippen LogP contribution in [-0.4, -0.2) is 24.4 Å². The van der Waals surface area contributed by atoms with Crippen LogP contribution in [0.2, 0.25) is 0 Å². The zero-order valence-electron chi connectivity index (χ0n) is 9.42. The van der Waals surface area contributed by atoms with Crippen molar-refractivity contribution in [2.75, 3.05) is 6.54 Å². The lowest BCUT2D eigenvalue weighted by Gasteiger charge is -2.11. The van der Waals surface area contributed by atoms with Gasteiger partial charge in [-0.3, -0.25) is 9.59 Å². The Balaban J connectivity index is 2.09. The first kappa shape index (κ1) is 11.6. The van der Waals surface area contributed by atoms with E-state index in [1.54, 1.807) is 19.1 Å². The van der Waals surface area contributed by atoms with Gasteiger partial charge in [-0.2, -0.15) is 0 Å². The van der Waals surface area contributed by atoms with Gasteiger partial charge >= 0.3 is 0 Å². The van der Waals surface area contributed by atoms with Crippen molar-refractivity contribution in [3.63, 3.8) is 0 Å². The molecule has 2 amide bonds. The summed E-state index contributed by atoms with van der Waals surface area (Å²) in [6, 6.07) is 4.41. The van der Waals surface area contributed by atoms with Crippen LogP contribution in [0.5, 0.6) is 0 Å². The van der Waals surface area contributed by atoms with Crippen LogP contribution in [0.3, 0.4) is 0 Å². The molecule has 1 atom stereocenters. The second kappa shape index (κ2) is 4.53. The molecule has 1 aliphatic rings. The minimum atomic E-state index is -0.512. The van der Waals surface area contributed by atoms with Gasteiger partial charge in [0.2, 0.25) is 5.91 Å². The first-order valence-electron chi connectivity index (χ1n) is 5.40. The van der Waals surface area contributed by atoms with Crippen LogP contribution in [0.25, 0.3) is 0 Å². The van der Waals surface area contributed by atoms with E-state index >= 15 is 0 Å². The van der Waals surface area contributed by atoms with Gasteiger partial charge in [0.15, 0.2) is 0 Å². The molecule has 2 N–H and O–H groups in total. The van der Waals surface area contributed by atoms with Gasteiger partial charge in [-0.1, -0.05) is 12.1 Å². The zero-order chi connectivity index (χ0) is 12.4. The predicted octanol–water partition coefficient (Wildman–Crippen LogP) is 0.752. The molecule has 0 radical (unpaired) electrons. The molecule has 4 nitrogen and oxygen atoms in total. The largest absolute Gasteiger partial charge is 0.354 e. The van der Waals surface area contributed by atoms with Crippen LogP contribution in [0.1, 0.15) is 22.3 Å². The lowest BCUT2D eigenvalue weighted by Crippen LogP contribution is -2.36. The second-order valence-corrected chi connectivity index (χ2v) is 4.12. The fourth-order valence-electron chi connectivity index (χ4n) is 1.79. The third-order valence-corrected chi connectivity index (χ3v) is 2.75.